The molecule has 0 aliphatic heterocycles. The first-order valence-electron chi connectivity index (χ1n) is 5.41. The molecular formula is C14H13BrClN. The van der Waals surface area contributed by atoms with E-state index in [1.165, 1.54) is 0 Å². The van der Waals surface area contributed by atoms with Crippen LogP contribution in [0.4, 0.5) is 0 Å². The van der Waals surface area contributed by atoms with Crippen LogP contribution in [-0.2, 0) is 6.42 Å². The fourth-order valence-corrected chi connectivity index (χ4v) is 2.36. The van der Waals surface area contributed by atoms with Crippen LogP contribution in [0.15, 0.2) is 53.0 Å². The van der Waals surface area contributed by atoms with E-state index in [0.717, 1.165) is 27.0 Å². The Balaban J connectivity index is 2.18. The van der Waals surface area contributed by atoms with Crippen molar-refractivity contribution in [2.24, 2.45) is 5.73 Å². The van der Waals surface area contributed by atoms with Gasteiger partial charge in [-0.05, 0) is 35.7 Å². The van der Waals surface area contributed by atoms with Crippen molar-refractivity contribution in [2.45, 2.75) is 12.5 Å². The highest BCUT2D eigenvalue weighted by molar-refractivity contribution is 9.10. The second-order valence-corrected chi connectivity index (χ2v) is 5.28. The second-order valence-electron chi connectivity index (χ2n) is 3.96. The Morgan fingerprint density at radius 1 is 1.12 bits per heavy atom. The van der Waals surface area contributed by atoms with Crippen LogP contribution < -0.4 is 5.73 Å². The van der Waals surface area contributed by atoms with E-state index in [4.69, 9.17) is 17.3 Å². The summed E-state index contributed by atoms with van der Waals surface area (Å²) in [7, 11) is 0. The molecule has 3 heteroatoms. The van der Waals surface area contributed by atoms with E-state index in [-0.39, 0.29) is 6.04 Å². The first-order chi connectivity index (χ1) is 8.16. The molecule has 1 unspecified atom stereocenters. The highest BCUT2D eigenvalue weighted by atomic mass is 79.9. The largest absolute Gasteiger partial charge is 0.324 e. The normalized spacial score (nSPS) is 12.4. The van der Waals surface area contributed by atoms with E-state index in [1.54, 1.807) is 0 Å². The molecule has 88 valence electrons. The average molecular weight is 311 g/mol. The Morgan fingerprint density at radius 3 is 2.53 bits per heavy atom. The van der Waals surface area contributed by atoms with Crippen LogP contribution in [0.5, 0.6) is 0 Å². The van der Waals surface area contributed by atoms with Crippen molar-refractivity contribution in [1.82, 2.24) is 0 Å². The topological polar surface area (TPSA) is 26.0 Å². The van der Waals surface area contributed by atoms with Crippen LogP contribution in [0, 0.1) is 0 Å². The minimum atomic E-state index is -0.0250. The van der Waals surface area contributed by atoms with Crippen LogP contribution >= 0.6 is 27.5 Å². The molecule has 0 fully saturated rings. The van der Waals surface area contributed by atoms with Crippen LogP contribution in [0.25, 0.3) is 0 Å². The summed E-state index contributed by atoms with van der Waals surface area (Å²) in [6, 6.07) is 15.9. The Bertz CT molecular complexity index is 499. The molecule has 1 nitrogen and oxygen atoms in total. The van der Waals surface area contributed by atoms with E-state index >= 15 is 0 Å². The Hall–Kier alpha value is -0.830. The molecular weight excluding hydrogens is 298 g/mol. The van der Waals surface area contributed by atoms with Crippen molar-refractivity contribution in [1.29, 1.82) is 0 Å². The molecule has 2 aromatic rings. The molecule has 0 aliphatic carbocycles. The maximum Gasteiger partial charge on any atom is 0.0439 e. The standard InChI is InChI=1S/C14H13BrClN/c15-12-6-7-13(16)11(8-12)9-14(17)10-4-2-1-3-5-10/h1-8,14H,9,17H2. The van der Waals surface area contributed by atoms with Gasteiger partial charge in [0, 0.05) is 15.5 Å². The molecule has 17 heavy (non-hydrogen) atoms. The highest BCUT2D eigenvalue weighted by Gasteiger charge is 2.09. The molecule has 2 aromatic carbocycles. The van der Waals surface area contributed by atoms with Crippen LogP contribution in [-0.4, -0.2) is 0 Å². The number of benzene rings is 2. The minimum absolute atomic E-state index is 0.0250. The lowest BCUT2D eigenvalue weighted by Gasteiger charge is -2.13. The zero-order valence-electron chi connectivity index (χ0n) is 9.24. The van der Waals surface area contributed by atoms with E-state index < -0.39 is 0 Å². The number of hydrogen-bond acceptors (Lipinski definition) is 1. The minimum Gasteiger partial charge on any atom is -0.324 e. The monoisotopic (exact) mass is 309 g/mol. The maximum absolute atomic E-state index is 6.17. The zero-order valence-corrected chi connectivity index (χ0v) is 11.6. The summed E-state index contributed by atoms with van der Waals surface area (Å²) in [5, 5.41) is 0.764. The Labute approximate surface area is 115 Å². The van der Waals surface area contributed by atoms with Gasteiger partial charge in [-0.1, -0.05) is 57.9 Å². The molecule has 0 aromatic heterocycles. The third-order valence-corrected chi connectivity index (χ3v) is 3.54. The van der Waals surface area contributed by atoms with Gasteiger partial charge in [-0.2, -0.15) is 0 Å². The van der Waals surface area contributed by atoms with Crippen molar-refractivity contribution < 1.29 is 0 Å². The van der Waals surface area contributed by atoms with Crippen molar-refractivity contribution in [3.05, 3.63) is 69.2 Å². The third-order valence-electron chi connectivity index (χ3n) is 2.68. The molecule has 0 saturated carbocycles. The Kier molecular flexibility index (Phi) is 4.21. The van der Waals surface area contributed by atoms with Crippen molar-refractivity contribution in [3.63, 3.8) is 0 Å². The van der Waals surface area contributed by atoms with Gasteiger partial charge in [0.25, 0.3) is 0 Å². The van der Waals surface area contributed by atoms with Gasteiger partial charge < -0.3 is 5.73 Å². The van der Waals surface area contributed by atoms with Crippen LogP contribution in [0.3, 0.4) is 0 Å². The number of halogens is 2. The third kappa shape index (κ3) is 3.32. The number of rotatable bonds is 3. The van der Waals surface area contributed by atoms with Gasteiger partial charge in [0.1, 0.15) is 0 Å². The predicted molar refractivity (Wildman–Crippen MR) is 76.2 cm³/mol. The van der Waals surface area contributed by atoms with Gasteiger partial charge in [0.15, 0.2) is 0 Å². The van der Waals surface area contributed by atoms with Crippen LogP contribution in [0.1, 0.15) is 17.2 Å². The van der Waals surface area contributed by atoms with Gasteiger partial charge in [0.05, 0.1) is 0 Å². The van der Waals surface area contributed by atoms with E-state index in [0.29, 0.717) is 0 Å². The smallest absolute Gasteiger partial charge is 0.0439 e. The summed E-state index contributed by atoms with van der Waals surface area (Å²) in [5.74, 6) is 0. The fraction of sp³-hybridized carbons (Fsp3) is 0.143. The van der Waals surface area contributed by atoms with Gasteiger partial charge in [-0.3, -0.25) is 0 Å². The highest BCUT2D eigenvalue weighted by Crippen LogP contribution is 2.25. The summed E-state index contributed by atoms with van der Waals surface area (Å²) >= 11 is 9.59. The first-order valence-corrected chi connectivity index (χ1v) is 6.58. The van der Waals surface area contributed by atoms with Crippen molar-refractivity contribution >= 4 is 27.5 Å². The molecule has 2 N–H and O–H groups in total. The van der Waals surface area contributed by atoms with Gasteiger partial charge >= 0.3 is 0 Å². The predicted octanol–water partition coefficient (Wildman–Crippen LogP) is 4.35. The SMILES string of the molecule is NC(Cc1cc(Br)ccc1Cl)c1ccccc1. The maximum atomic E-state index is 6.17. The lowest BCUT2D eigenvalue weighted by atomic mass is 10.00. The molecule has 0 aliphatic rings. The molecule has 1 atom stereocenters. The quantitative estimate of drug-likeness (QED) is 0.896. The molecule has 2 rings (SSSR count). The summed E-state index contributed by atoms with van der Waals surface area (Å²) in [6.07, 6.45) is 0.738. The first kappa shape index (κ1) is 12.6. The summed E-state index contributed by atoms with van der Waals surface area (Å²) in [6.45, 7) is 0. The fourth-order valence-electron chi connectivity index (χ4n) is 1.75. The van der Waals surface area contributed by atoms with E-state index in [9.17, 15) is 0 Å². The molecule has 0 spiro atoms. The molecule has 0 radical (unpaired) electrons. The summed E-state index contributed by atoms with van der Waals surface area (Å²) in [5.41, 5.74) is 8.37. The van der Waals surface area contributed by atoms with Crippen LogP contribution in [0.2, 0.25) is 5.02 Å². The van der Waals surface area contributed by atoms with Crippen molar-refractivity contribution in [2.75, 3.05) is 0 Å². The molecule has 0 bridgehead atoms. The van der Waals surface area contributed by atoms with Gasteiger partial charge in [-0.25, -0.2) is 0 Å². The zero-order chi connectivity index (χ0) is 12.3. The lowest BCUT2D eigenvalue weighted by Crippen LogP contribution is -2.13. The Morgan fingerprint density at radius 2 is 1.82 bits per heavy atom. The lowest BCUT2D eigenvalue weighted by molar-refractivity contribution is 0.722. The summed E-state index contributed by atoms with van der Waals surface area (Å²) < 4.78 is 1.03. The molecule has 0 amide bonds. The van der Waals surface area contributed by atoms with E-state index in [2.05, 4.69) is 15.9 Å². The number of hydrogen-bond donors (Lipinski definition) is 1. The van der Waals surface area contributed by atoms with Crippen molar-refractivity contribution in [3.8, 4) is 0 Å². The molecule has 0 saturated heterocycles. The van der Waals surface area contributed by atoms with E-state index in [1.807, 2.05) is 48.5 Å². The average Bonchev–Trinajstić information content (AvgIpc) is 2.35. The van der Waals surface area contributed by atoms with Gasteiger partial charge in [-0.15, -0.1) is 0 Å². The molecule has 0 heterocycles. The number of nitrogens with two attached hydrogens (primary N) is 1. The summed E-state index contributed by atoms with van der Waals surface area (Å²) in [4.78, 5) is 0. The van der Waals surface area contributed by atoms with Gasteiger partial charge in [0.2, 0.25) is 0 Å². The second kappa shape index (κ2) is 5.67.